The predicted molar refractivity (Wildman–Crippen MR) is 83.3 cm³/mol. The smallest absolute Gasteiger partial charge is 0.306 e. The van der Waals surface area contributed by atoms with Gasteiger partial charge in [0, 0.05) is 5.92 Å². The zero-order valence-corrected chi connectivity index (χ0v) is 13.8. The third-order valence-corrected chi connectivity index (χ3v) is 4.79. The van der Waals surface area contributed by atoms with Crippen molar-refractivity contribution in [3.05, 3.63) is 28.2 Å². The van der Waals surface area contributed by atoms with E-state index in [1.165, 1.54) is 0 Å². The molecule has 116 valence electrons. The number of aliphatic hydroxyl groups excluding tert-OH is 1. The fraction of sp³-hybridized carbons (Fsp3) is 0.562. The minimum absolute atomic E-state index is 0.234. The summed E-state index contributed by atoms with van der Waals surface area (Å²) in [6.07, 6.45) is 0.612. The fourth-order valence-electron chi connectivity index (χ4n) is 3.19. The number of halogens is 1. The third kappa shape index (κ3) is 3.58. The van der Waals surface area contributed by atoms with E-state index in [0.717, 1.165) is 22.2 Å². The minimum atomic E-state index is -0.812. The molecule has 0 heterocycles. The van der Waals surface area contributed by atoms with E-state index < -0.39 is 18.0 Å². The summed E-state index contributed by atoms with van der Waals surface area (Å²) in [6, 6.07) is 5.43. The zero-order chi connectivity index (χ0) is 15.6. The number of carbonyl (C=O) groups is 1. The first kappa shape index (κ1) is 16.3. The highest BCUT2D eigenvalue weighted by atomic mass is 79.9. The fourth-order valence-corrected chi connectivity index (χ4v) is 3.70. The molecule has 1 aliphatic rings. The summed E-state index contributed by atoms with van der Waals surface area (Å²) in [6.45, 7) is 4.52. The van der Waals surface area contributed by atoms with Gasteiger partial charge in [0.2, 0.25) is 0 Å². The summed E-state index contributed by atoms with van der Waals surface area (Å²) in [7, 11) is 0. The van der Waals surface area contributed by atoms with Gasteiger partial charge in [0.1, 0.15) is 5.75 Å². The molecule has 2 rings (SSSR count). The van der Waals surface area contributed by atoms with Crippen molar-refractivity contribution in [1.29, 1.82) is 0 Å². The van der Waals surface area contributed by atoms with E-state index in [0.29, 0.717) is 18.9 Å². The van der Waals surface area contributed by atoms with Crippen LogP contribution in [0.25, 0.3) is 0 Å². The van der Waals surface area contributed by atoms with Gasteiger partial charge in [0.25, 0.3) is 0 Å². The van der Waals surface area contributed by atoms with Gasteiger partial charge < -0.3 is 14.9 Å². The Morgan fingerprint density at radius 3 is 2.76 bits per heavy atom. The number of carboxylic acids is 1. The van der Waals surface area contributed by atoms with Gasteiger partial charge in [-0.2, -0.15) is 0 Å². The molecule has 1 aromatic carbocycles. The Balaban J connectivity index is 2.21. The van der Waals surface area contributed by atoms with Crippen molar-refractivity contribution >= 4 is 21.9 Å². The molecule has 21 heavy (non-hydrogen) atoms. The second-order valence-corrected chi connectivity index (χ2v) is 6.61. The molecular weight excluding hydrogens is 336 g/mol. The Morgan fingerprint density at radius 1 is 1.48 bits per heavy atom. The number of benzene rings is 1. The lowest BCUT2D eigenvalue weighted by atomic mass is 9.87. The summed E-state index contributed by atoms with van der Waals surface area (Å²) < 4.78 is 6.23. The summed E-state index contributed by atoms with van der Waals surface area (Å²) in [5.74, 6) is -0.462. The number of carboxylic acid groups (broad SMARTS) is 1. The molecule has 4 unspecified atom stereocenters. The van der Waals surface area contributed by atoms with Gasteiger partial charge in [-0.05, 0) is 59.3 Å². The average Bonchev–Trinajstić information content (AvgIpc) is 2.83. The summed E-state index contributed by atoms with van der Waals surface area (Å²) in [5.41, 5.74) is 0.732. The van der Waals surface area contributed by atoms with Crippen molar-refractivity contribution < 1.29 is 19.7 Å². The number of aliphatic hydroxyl groups is 1. The maximum atomic E-state index is 11.4. The predicted octanol–water partition coefficient (Wildman–Crippen LogP) is 3.63. The van der Waals surface area contributed by atoms with Gasteiger partial charge in [-0.1, -0.05) is 13.0 Å². The number of ether oxygens (including phenoxy) is 1. The first-order valence-electron chi connectivity index (χ1n) is 7.27. The Bertz CT molecular complexity index is 517. The van der Waals surface area contributed by atoms with E-state index in [1.807, 2.05) is 26.0 Å². The van der Waals surface area contributed by atoms with E-state index >= 15 is 0 Å². The molecule has 0 radical (unpaired) electrons. The van der Waals surface area contributed by atoms with Crippen LogP contribution in [0.15, 0.2) is 22.7 Å². The van der Waals surface area contributed by atoms with Gasteiger partial charge in [0.05, 0.1) is 23.1 Å². The Labute approximate surface area is 133 Å². The molecule has 2 N–H and O–H groups in total. The van der Waals surface area contributed by atoms with Crippen LogP contribution in [0.2, 0.25) is 0 Å². The minimum Gasteiger partial charge on any atom is -0.493 e. The Morgan fingerprint density at radius 2 is 2.19 bits per heavy atom. The second-order valence-electron chi connectivity index (χ2n) is 5.75. The molecule has 5 heteroatoms. The van der Waals surface area contributed by atoms with Crippen LogP contribution in [-0.4, -0.2) is 22.8 Å². The Kier molecular flexibility index (Phi) is 5.27. The van der Waals surface area contributed by atoms with E-state index in [4.69, 9.17) is 4.74 Å². The van der Waals surface area contributed by atoms with Gasteiger partial charge in [-0.25, -0.2) is 0 Å². The van der Waals surface area contributed by atoms with Crippen LogP contribution in [0.5, 0.6) is 5.75 Å². The first-order valence-corrected chi connectivity index (χ1v) is 8.06. The van der Waals surface area contributed by atoms with Crippen LogP contribution in [-0.2, 0) is 4.79 Å². The van der Waals surface area contributed by atoms with E-state index in [2.05, 4.69) is 15.9 Å². The number of rotatable bonds is 5. The first-order chi connectivity index (χ1) is 9.93. The molecule has 0 spiro atoms. The van der Waals surface area contributed by atoms with E-state index in [-0.39, 0.29) is 5.92 Å². The molecule has 0 bridgehead atoms. The summed E-state index contributed by atoms with van der Waals surface area (Å²) in [5, 5.41) is 19.9. The van der Waals surface area contributed by atoms with Crippen molar-refractivity contribution in [2.45, 2.75) is 32.8 Å². The van der Waals surface area contributed by atoms with Crippen molar-refractivity contribution in [2.24, 2.45) is 17.8 Å². The van der Waals surface area contributed by atoms with Crippen LogP contribution in [0.1, 0.15) is 38.4 Å². The molecule has 1 aliphatic carbocycles. The zero-order valence-electron chi connectivity index (χ0n) is 12.3. The molecule has 0 aliphatic heterocycles. The monoisotopic (exact) mass is 356 g/mol. The highest BCUT2D eigenvalue weighted by Crippen LogP contribution is 2.44. The number of hydrogen-bond donors (Lipinski definition) is 2. The van der Waals surface area contributed by atoms with Crippen LogP contribution in [0.3, 0.4) is 0 Å². The van der Waals surface area contributed by atoms with E-state index in [9.17, 15) is 15.0 Å². The van der Waals surface area contributed by atoms with Crippen molar-refractivity contribution in [1.82, 2.24) is 0 Å². The quantitative estimate of drug-likeness (QED) is 0.845. The molecule has 4 atom stereocenters. The lowest BCUT2D eigenvalue weighted by Crippen LogP contribution is -2.23. The molecule has 0 amide bonds. The summed E-state index contributed by atoms with van der Waals surface area (Å²) >= 11 is 3.43. The third-order valence-electron chi connectivity index (χ3n) is 4.17. The highest BCUT2D eigenvalue weighted by Gasteiger charge is 2.41. The van der Waals surface area contributed by atoms with Crippen molar-refractivity contribution in [3.8, 4) is 5.75 Å². The molecular formula is C16H21BrO4. The SMILES string of the molecule is CCOc1ccc(C(O)C2CC(C)CC2C(=O)O)cc1Br. The summed E-state index contributed by atoms with van der Waals surface area (Å²) in [4.78, 5) is 11.4. The van der Waals surface area contributed by atoms with Crippen molar-refractivity contribution in [3.63, 3.8) is 0 Å². The molecule has 0 saturated heterocycles. The van der Waals surface area contributed by atoms with Crippen LogP contribution < -0.4 is 4.74 Å². The molecule has 1 fully saturated rings. The molecule has 1 saturated carbocycles. The standard InChI is InChI=1S/C16H21BrO4/c1-3-21-14-5-4-10(8-13(14)17)15(18)11-6-9(2)7-12(11)16(19)20/h4-5,8-9,11-12,15,18H,3,6-7H2,1-2H3,(H,19,20). The van der Waals surface area contributed by atoms with Crippen LogP contribution in [0.4, 0.5) is 0 Å². The molecule has 4 nitrogen and oxygen atoms in total. The maximum Gasteiger partial charge on any atom is 0.306 e. The second kappa shape index (κ2) is 6.79. The normalized spacial score (nSPS) is 26.6. The average molecular weight is 357 g/mol. The largest absolute Gasteiger partial charge is 0.493 e. The van der Waals surface area contributed by atoms with Gasteiger partial charge in [0.15, 0.2) is 0 Å². The van der Waals surface area contributed by atoms with Gasteiger partial charge in [-0.3, -0.25) is 4.79 Å². The lowest BCUT2D eigenvalue weighted by molar-refractivity contribution is -0.144. The topological polar surface area (TPSA) is 66.8 Å². The van der Waals surface area contributed by atoms with E-state index in [1.54, 1.807) is 6.07 Å². The number of aliphatic carboxylic acids is 1. The highest BCUT2D eigenvalue weighted by molar-refractivity contribution is 9.10. The lowest BCUT2D eigenvalue weighted by Gasteiger charge is -2.23. The molecule has 1 aromatic rings. The Hall–Kier alpha value is -1.07. The maximum absolute atomic E-state index is 11.4. The molecule has 0 aromatic heterocycles. The van der Waals surface area contributed by atoms with Crippen molar-refractivity contribution in [2.75, 3.05) is 6.61 Å². The van der Waals surface area contributed by atoms with Gasteiger partial charge >= 0.3 is 5.97 Å². The van der Waals surface area contributed by atoms with Gasteiger partial charge in [-0.15, -0.1) is 0 Å². The van der Waals surface area contributed by atoms with Crippen LogP contribution >= 0.6 is 15.9 Å². The van der Waals surface area contributed by atoms with Crippen LogP contribution in [0, 0.1) is 17.8 Å². The number of hydrogen-bond acceptors (Lipinski definition) is 3.